The maximum absolute atomic E-state index is 6.40. The van der Waals surface area contributed by atoms with E-state index in [-0.39, 0.29) is 0 Å². The zero-order chi connectivity index (χ0) is 24.0. The minimum Gasteiger partial charge on any atom is -0.489 e. The Morgan fingerprint density at radius 2 is 1.86 bits per heavy atom. The molecule has 2 aliphatic carbocycles. The van der Waals surface area contributed by atoms with E-state index in [4.69, 9.17) is 4.74 Å². The molecule has 0 aromatic heterocycles. The number of hydrogen-bond donors (Lipinski definition) is 0. The lowest BCUT2D eigenvalue weighted by Gasteiger charge is -2.32. The summed E-state index contributed by atoms with van der Waals surface area (Å²) in [6, 6.07) is 22.3. The van der Waals surface area contributed by atoms with E-state index in [9.17, 15) is 0 Å². The van der Waals surface area contributed by atoms with Gasteiger partial charge in [0, 0.05) is 35.3 Å². The Morgan fingerprint density at radius 3 is 2.71 bits per heavy atom. The Morgan fingerprint density at radius 1 is 1.03 bits per heavy atom. The summed E-state index contributed by atoms with van der Waals surface area (Å²) in [7, 11) is -2.03. The standard InChI is InChI=1S/C32H33NOSi/c1-4-19-34-32-26-14-8-7-11-23(26)17-18-30(32)35(2,3)31-20-29(27-15-9-10-16-28(27)31)33-21-24-12-5-6-13-25(24)22-33/h4-5,7-12,14-18,20,31H,1,6,13,19,21-22H2,2-3H3. The molecule has 1 heterocycles. The van der Waals surface area contributed by atoms with Gasteiger partial charge in [0.15, 0.2) is 0 Å². The van der Waals surface area contributed by atoms with Gasteiger partial charge in [0.1, 0.15) is 12.4 Å². The molecule has 0 amide bonds. The van der Waals surface area contributed by atoms with Gasteiger partial charge in [0.25, 0.3) is 0 Å². The van der Waals surface area contributed by atoms with Crippen LogP contribution in [0.1, 0.15) is 29.5 Å². The molecule has 0 radical (unpaired) electrons. The predicted octanol–water partition coefficient (Wildman–Crippen LogP) is 6.96. The van der Waals surface area contributed by atoms with Gasteiger partial charge in [-0.25, -0.2) is 0 Å². The molecule has 0 N–H and O–H groups in total. The first-order valence-electron chi connectivity index (χ1n) is 12.8. The molecule has 6 rings (SSSR count). The van der Waals surface area contributed by atoms with Crippen molar-refractivity contribution in [2.75, 3.05) is 19.7 Å². The van der Waals surface area contributed by atoms with Crippen LogP contribution in [0.3, 0.4) is 0 Å². The molecule has 0 bridgehead atoms. The number of benzene rings is 3. The van der Waals surface area contributed by atoms with E-state index in [2.05, 4.69) is 103 Å². The molecule has 3 heteroatoms. The van der Waals surface area contributed by atoms with Crippen molar-refractivity contribution in [2.24, 2.45) is 0 Å². The first-order chi connectivity index (χ1) is 17.1. The molecule has 176 valence electrons. The lowest BCUT2D eigenvalue weighted by Crippen LogP contribution is -2.47. The van der Waals surface area contributed by atoms with E-state index in [0.29, 0.717) is 12.1 Å². The lowest BCUT2D eigenvalue weighted by atomic mass is 10.0. The summed E-state index contributed by atoms with van der Waals surface area (Å²) in [4.78, 5) is 2.61. The van der Waals surface area contributed by atoms with Crippen LogP contribution < -0.4 is 9.92 Å². The quantitative estimate of drug-likeness (QED) is 0.282. The number of rotatable bonds is 6. The van der Waals surface area contributed by atoms with Gasteiger partial charge in [-0.3, -0.25) is 0 Å². The molecule has 3 aliphatic rings. The molecule has 0 spiro atoms. The average molecular weight is 476 g/mol. The van der Waals surface area contributed by atoms with Crippen molar-refractivity contribution in [3.8, 4) is 5.75 Å². The highest BCUT2D eigenvalue weighted by atomic mass is 28.3. The van der Waals surface area contributed by atoms with Gasteiger partial charge in [-0.2, -0.15) is 0 Å². The molecule has 3 aromatic rings. The van der Waals surface area contributed by atoms with Crippen molar-refractivity contribution in [3.05, 3.63) is 114 Å². The third kappa shape index (κ3) is 3.70. The van der Waals surface area contributed by atoms with Crippen LogP contribution >= 0.6 is 0 Å². The van der Waals surface area contributed by atoms with Gasteiger partial charge in [-0.1, -0.05) is 105 Å². The van der Waals surface area contributed by atoms with Crippen LogP contribution in [0.2, 0.25) is 13.1 Å². The summed E-state index contributed by atoms with van der Waals surface area (Å²) in [5.41, 5.74) is 7.86. The van der Waals surface area contributed by atoms with Gasteiger partial charge < -0.3 is 9.64 Å². The van der Waals surface area contributed by atoms with E-state index >= 15 is 0 Å². The zero-order valence-electron chi connectivity index (χ0n) is 20.8. The Balaban J connectivity index is 1.44. The van der Waals surface area contributed by atoms with Crippen molar-refractivity contribution < 1.29 is 4.74 Å². The SMILES string of the molecule is C=CCOc1c([Si](C)(C)C2C=C(N3CC4=C(CCC=C4)C3)c3ccccc32)ccc2ccccc12. The summed E-state index contributed by atoms with van der Waals surface area (Å²) in [6.07, 6.45) is 11.5. The van der Waals surface area contributed by atoms with Gasteiger partial charge >= 0.3 is 0 Å². The summed E-state index contributed by atoms with van der Waals surface area (Å²) >= 11 is 0. The fourth-order valence-corrected chi connectivity index (χ4v) is 9.44. The first-order valence-corrected chi connectivity index (χ1v) is 15.8. The van der Waals surface area contributed by atoms with Crippen LogP contribution in [-0.2, 0) is 0 Å². The Labute approximate surface area is 209 Å². The normalized spacial score (nSPS) is 19.1. The maximum Gasteiger partial charge on any atom is 0.126 e. The highest BCUT2D eigenvalue weighted by molar-refractivity contribution is 6.92. The fourth-order valence-electron chi connectivity index (χ4n) is 6.20. The number of hydrogen-bond acceptors (Lipinski definition) is 2. The zero-order valence-corrected chi connectivity index (χ0v) is 21.8. The number of ether oxygens (including phenoxy) is 1. The monoisotopic (exact) mass is 475 g/mol. The van der Waals surface area contributed by atoms with Crippen LogP contribution in [0.15, 0.2) is 103 Å². The van der Waals surface area contributed by atoms with Crippen LogP contribution in [0.4, 0.5) is 0 Å². The first kappa shape index (κ1) is 22.2. The predicted molar refractivity (Wildman–Crippen MR) is 151 cm³/mol. The highest BCUT2D eigenvalue weighted by Crippen LogP contribution is 2.45. The number of allylic oxidation sites excluding steroid dienone is 2. The molecular formula is C32H33NOSi. The van der Waals surface area contributed by atoms with Crippen LogP contribution in [0.5, 0.6) is 5.75 Å². The minimum atomic E-state index is -2.03. The summed E-state index contributed by atoms with van der Waals surface area (Å²) in [5.74, 6) is 1.04. The van der Waals surface area contributed by atoms with E-state index in [0.717, 1.165) is 18.8 Å². The van der Waals surface area contributed by atoms with E-state index in [1.54, 1.807) is 5.57 Å². The highest BCUT2D eigenvalue weighted by Gasteiger charge is 2.42. The second kappa shape index (κ2) is 8.73. The Kier molecular flexibility index (Phi) is 5.53. The van der Waals surface area contributed by atoms with Crippen molar-refractivity contribution in [2.45, 2.75) is 31.5 Å². The maximum atomic E-state index is 6.40. The summed E-state index contributed by atoms with van der Waals surface area (Å²) in [6.45, 7) is 11.5. The Bertz CT molecular complexity index is 1410. The van der Waals surface area contributed by atoms with Gasteiger partial charge in [-0.15, -0.1) is 0 Å². The third-order valence-electron chi connectivity index (χ3n) is 8.06. The van der Waals surface area contributed by atoms with Crippen molar-refractivity contribution in [1.82, 2.24) is 4.90 Å². The molecule has 35 heavy (non-hydrogen) atoms. The van der Waals surface area contributed by atoms with Gasteiger partial charge in [-0.05, 0) is 40.1 Å². The van der Waals surface area contributed by atoms with Gasteiger partial charge in [0.05, 0.1) is 8.07 Å². The van der Waals surface area contributed by atoms with Crippen molar-refractivity contribution in [1.29, 1.82) is 0 Å². The minimum absolute atomic E-state index is 0.397. The molecule has 2 nitrogen and oxygen atoms in total. The van der Waals surface area contributed by atoms with Crippen LogP contribution in [-0.4, -0.2) is 32.7 Å². The molecule has 1 aliphatic heterocycles. The molecule has 0 fully saturated rings. The number of nitrogens with zero attached hydrogens (tertiary/aromatic N) is 1. The smallest absolute Gasteiger partial charge is 0.126 e. The van der Waals surface area contributed by atoms with Crippen molar-refractivity contribution >= 4 is 29.7 Å². The topological polar surface area (TPSA) is 12.5 Å². The number of fused-ring (bicyclic) bond motifs is 2. The molecular weight excluding hydrogens is 442 g/mol. The molecule has 3 aromatic carbocycles. The van der Waals surface area contributed by atoms with E-state index < -0.39 is 8.07 Å². The summed E-state index contributed by atoms with van der Waals surface area (Å²) in [5, 5.41) is 3.81. The summed E-state index contributed by atoms with van der Waals surface area (Å²) < 4.78 is 6.40. The van der Waals surface area contributed by atoms with Crippen molar-refractivity contribution in [3.63, 3.8) is 0 Å². The van der Waals surface area contributed by atoms with Gasteiger partial charge in [0.2, 0.25) is 0 Å². The van der Waals surface area contributed by atoms with Crippen LogP contribution in [0.25, 0.3) is 16.5 Å². The molecule has 0 saturated carbocycles. The average Bonchev–Trinajstić information content (AvgIpc) is 3.49. The molecule has 1 unspecified atom stereocenters. The lowest BCUT2D eigenvalue weighted by molar-refractivity contribution is 0.370. The third-order valence-corrected chi connectivity index (χ3v) is 11.9. The second-order valence-corrected chi connectivity index (χ2v) is 15.1. The van der Waals surface area contributed by atoms with Crippen LogP contribution in [0, 0.1) is 0 Å². The molecule has 0 saturated heterocycles. The molecule has 1 atom stereocenters. The Hall–Kier alpha value is -3.30. The second-order valence-electron chi connectivity index (χ2n) is 10.5. The fraction of sp³-hybridized carbons (Fsp3) is 0.250. The van der Waals surface area contributed by atoms with E-state index in [1.165, 1.54) is 51.2 Å². The van der Waals surface area contributed by atoms with E-state index in [1.807, 2.05) is 6.08 Å². The largest absolute Gasteiger partial charge is 0.489 e.